The summed E-state index contributed by atoms with van der Waals surface area (Å²) < 4.78 is 33.9. The summed E-state index contributed by atoms with van der Waals surface area (Å²) >= 11 is 0. The van der Waals surface area contributed by atoms with Crippen LogP contribution >= 0.6 is 0 Å². The van der Waals surface area contributed by atoms with Crippen LogP contribution in [0.2, 0.25) is 0 Å². The van der Waals surface area contributed by atoms with Crippen LogP contribution in [0.4, 0.5) is 8.78 Å². The van der Waals surface area contributed by atoms with E-state index in [9.17, 15) is 13.6 Å². The first-order valence-corrected chi connectivity index (χ1v) is 7.45. The van der Waals surface area contributed by atoms with Crippen molar-refractivity contribution in [2.75, 3.05) is 7.11 Å². The van der Waals surface area contributed by atoms with Crippen molar-refractivity contribution in [3.05, 3.63) is 23.8 Å². The zero-order valence-corrected chi connectivity index (χ0v) is 12.8. The van der Waals surface area contributed by atoms with E-state index >= 15 is 0 Å². The first-order valence-electron chi connectivity index (χ1n) is 7.45. The molecule has 1 fully saturated rings. The van der Waals surface area contributed by atoms with Crippen molar-refractivity contribution in [1.82, 2.24) is 5.32 Å². The molecule has 2 rings (SSSR count). The summed E-state index contributed by atoms with van der Waals surface area (Å²) in [5, 5.41) is 3.01. The molecule has 0 aliphatic heterocycles. The second kappa shape index (κ2) is 7.42. The molecule has 1 aliphatic rings. The van der Waals surface area contributed by atoms with Crippen molar-refractivity contribution in [2.45, 2.75) is 45.3 Å². The van der Waals surface area contributed by atoms with Gasteiger partial charge in [-0.3, -0.25) is 4.79 Å². The smallest absolute Gasteiger partial charge is 0.387 e. The first kappa shape index (κ1) is 16.5. The normalized spacial score (nSPS) is 21.5. The fraction of sp³-hybridized carbons (Fsp3) is 0.562. The van der Waals surface area contributed by atoms with Crippen molar-refractivity contribution >= 4 is 5.91 Å². The van der Waals surface area contributed by atoms with Crippen molar-refractivity contribution in [2.24, 2.45) is 5.92 Å². The number of carbonyl (C=O) groups excluding carboxylic acids is 1. The van der Waals surface area contributed by atoms with Gasteiger partial charge in [-0.05, 0) is 37.0 Å². The fourth-order valence-electron chi connectivity index (χ4n) is 2.78. The highest BCUT2D eigenvalue weighted by atomic mass is 19.3. The molecule has 0 heterocycles. The van der Waals surface area contributed by atoms with Gasteiger partial charge >= 0.3 is 6.61 Å². The third kappa shape index (κ3) is 4.08. The summed E-state index contributed by atoms with van der Waals surface area (Å²) in [7, 11) is 1.35. The molecule has 0 bridgehead atoms. The lowest BCUT2D eigenvalue weighted by Crippen LogP contribution is -2.41. The van der Waals surface area contributed by atoms with E-state index in [1.54, 1.807) is 0 Å². The number of ether oxygens (including phenoxy) is 2. The minimum Gasteiger partial charge on any atom is -0.493 e. The van der Waals surface area contributed by atoms with E-state index in [2.05, 4.69) is 17.0 Å². The number of carbonyl (C=O) groups is 1. The topological polar surface area (TPSA) is 47.6 Å². The van der Waals surface area contributed by atoms with Crippen LogP contribution in [0, 0.1) is 5.92 Å². The zero-order chi connectivity index (χ0) is 16.1. The summed E-state index contributed by atoms with van der Waals surface area (Å²) in [6, 6.07) is 4.36. The van der Waals surface area contributed by atoms with Gasteiger partial charge in [0.1, 0.15) is 0 Å². The minimum absolute atomic E-state index is 0.0833. The van der Waals surface area contributed by atoms with Gasteiger partial charge in [0.05, 0.1) is 7.11 Å². The maximum atomic E-state index is 12.3. The van der Waals surface area contributed by atoms with Crippen LogP contribution in [-0.2, 0) is 0 Å². The maximum absolute atomic E-state index is 12.3. The molecule has 1 aliphatic carbocycles. The molecule has 1 N–H and O–H groups in total. The highest BCUT2D eigenvalue weighted by molar-refractivity contribution is 5.95. The quantitative estimate of drug-likeness (QED) is 0.903. The Labute approximate surface area is 128 Å². The number of alkyl halides is 2. The number of nitrogens with one attached hydrogen (secondary N) is 1. The molecule has 1 aromatic rings. The van der Waals surface area contributed by atoms with Gasteiger partial charge in [-0.25, -0.2) is 0 Å². The van der Waals surface area contributed by atoms with E-state index in [4.69, 9.17) is 4.74 Å². The second-order valence-electron chi connectivity index (χ2n) is 5.59. The van der Waals surface area contributed by atoms with Gasteiger partial charge in [-0.15, -0.1) is 0 Å². The summed E-state index contributed by atoms with van der Waals surface area (Å²) in [5.74, 6) is 0.256. The van der Waals surface area contributed by atoms with Gasteiger partial charge in [0.15, 0.2) is 11.5 Å². The monoisotopic (exact) mass is 313 g/mol. The number of amides is 1. The molecule has 0 spiro atoms. The molecular formula is C16H21F2NO3. The van der Waals surface area contributed by atoms with E-state index in [1.807, 2.05) is 0 Å². The number of methoxy groups -OCH3 is 1. The Morgan fingerprint density at radius 2 is 2.00 bits per heavy atom. The molecule has 0 unspecified atom stereocenters. The molecule has 0 aromatic heterocycles. The lowest BCUT2D eigenvalue weighted by Gasteiger charge is -2.29. The van der Waals surface area contributed by atoms with E-state index in [-0.39, 0.29) is 23.4 Å². The number of rotatable bonds is 5. The molecular weight excluding hydrogens is 292 g/mol. The maximum Gasteiger partial charge on any atom is 0.387 e. The van der Waals surface area contributed by atoms with Crippen LogP contribution in [0.5, 0.6) is 11.5 Å². The highest BCUT2D eigenvalue weighted by Gasteiger charge is 2.23. The van der Waals surface area contributed by atoms with Crippen LogP contribution in [0.25, 0.3) is 0 Å². The van der Waals surface area contributed by atoms with Crippen molar-refractivity contribution in [3.8, 4) is 11.5 Å². The fourth-order valence-corrected chi connectivity index (χ4v) is 2.78. The number of hydrogen-bond acceptors (Lipinski definition) is 3. The van der Waals surface area contributed by atoms with E-state index in [0.29, 0.717) is 11.5 Å². The number of hydrogen-bond donors (Lipinski definition) is 1. The Hall–Kier alpha value is -1.85. The van der Waals surface area contributed by atoms with Crippen LogP contribution in [0.15, 0.2) is 18.2 Å². The molecule has 1 amide bonds. The molecule has 0 radical (unpaired) electrons. The minimum atomic E-state index is -2.93. The zero-order valence-electron chi connectivity index (χ0n) is 12.8. The first-order chi connectivity index (χ1) is 10.5. The molecule has 2 atom stereocenters. The van der Waals surface area contributed by atoms with E-state index < -0.39 is 6.61 Å². The van der Waals surface area contributed by atoms with Crippen molar-refractivity contribution in [3.63, 3.8) is 0 Å². The Morgan fingerprint density at radius 1 is 1.27 bits per heavy atom. The SMILES string of the molecule is COc1cc(C(=O)N[C@@H]2CCCC[C@@H]2C)ccc1OC(F)F. The molecule has 6 heteroatoms. The largest absolute Gasteiger partial charge is 0.493 e. The lowest BCUT2D eigenvalue weighted by atomic mass is 9.86. The molecule has 22 heavy (non-hydrogen) atoms. The number of halogens is 2. The second-order valence-corrected chi connectivity index (χ2v) is 5.59. The van der Waals surface area contributed by atoms with Gasteiger partial charge in [-0.1, -0.05) is 19.8 Å². The average Bonchev–Trinajstić information content (AvgIpc) is 2.49. The molecule has 4 nitrogen and oxygen atoms in total. The predicted molar refractivity (Wildman–Crippen MR) is 78.5 cm³/mol. The highest BCUT2D eigenvalue weighted by Crippen LogP contribution is 2.30. The Kier molecular flexibility index (Phi) is 5.57. The van der Waals surface area contributed by atoms with Crippen molar-refractivity contribution < 1.29 is 23.0 Å². The molecule has 1 saturated carbocycles. The van der Waals surface area contributed by atoms with Crippen LogP contribution < -0.4 is 14.8 Å². The Bertz CT molecular complexity index is 522. The van der Waals surface area contributed by atoms with Gasteiger partial charge in [0, 0.05) is 11.6 Å². The van der Waals surface area contributed by atoms with Gasteiger partial charge in [0.2, 0.25) is 0 Å². The predicted octanol–water partition coefficient (Wildman–Crippen LogP) is 3.61. The van der Waals surface area contributed by atoms with Gasteiger partial charge in [-0.2, -0.15) is 8.78 Å². The van der Waals surface area contributed by atoms with E-state index in [0.717, 1.165) is 19.3 Å². The molecule has 1 aromatic carbocycles. The molecule has 122 valence electrons. The third-order valence-corrected chi connectivity index (χ3v) is 4.07. The lowest BCUT2D eigenvalue weighted by molar-refractivity contribution is -0.0512. The summed E-state index contributed by atoms with van der Waals surface area (Å²) in [4.78, 5) is 12.3. The van der Waals surface area contributed by atoms with E-state index in [1.165, 1.54) is 31.7 Å². The van der Waals surface area contributed by atoms with Crippen LogP contribution in [0.3, 0.4) is 0 Å². The van der Waals surface area contributed by atoms with Crippen molar-refractivity contribution in [1.29, 1.82) is 0 Å². The Morgan fingerprint density at radius 3 is 2.64 bits per heavy atom. The Balaban J connectivity index is 2.09. The summed E-state index contributed by atoms with van der Waals surface area (Å²) in [6.45, 7) is -0.804. The third-order valence-electron chi connectivity index (χ3n) is 4.07. The van der Waals surface area contributed by atoms with Gasteiger partial charge in [0.25, 0.3) is 5.91 Å². The summed E-state index contributed by atoms with van der Waals surface area (Å²) in [6.07, 6.45) is 4.38. The average molecular weight is 313 g/mol. The standard InChI is InChI=1S/C16H21F2NO3/c1-10-5-3-4-6-12(10)19-15(20)11-7-8-13(22-16(17)18)14(9-11)21-2/h7-10,12,16H,3-6H2,1-2H3,(H,19,20)/t10-,12+/m0/s1. The van der Waals surface area contributed by atoms with Crippen LogP contribution in [-0.4, -0.2) is 25.7 Å². The summed E-state index contributed by atoms with van der Waals surface area (Å²) in [5.41, 5.74) is 0.372. The van der Waals surface area contributed by atoms with Crippen LogP contribution in [0.1, 0.15) is 43.0 Å². The van der Waals surface area contributed by atoms with Gasteiger partial charge < -0.3 is 14.8 Å². The number of benzene rings is 1. The molecule has 0 saturated heterocycles.